The van der Waals surface area contributed by atoms with Crippen molar-refractivity contribution in [1.29, 1.82) is 0 Å². The number of nitrogen functional groups attached to an aromatic ring is 1. The van der Waals surface area contributed by atoms with E-state index in [0.29, 0.717) is 38.5 Å². The summed E-state index contributed by atoms with van der Waals surface area (Å²) in [5, 5.41) is 2.76. The molecule has 2 fully saturated rings. The van der Waals surface area contributed by atoms with Gasteiger partial charge in [-0.25, -0.2) is 9.18 Å². The number of hydrogen-bond donors (Lipinski definition) is 2. The van der Waals surface area contributed by atoms with Crippen LogP contribution in [0.1, 0.15) is 37.8 Å². The van der Waals surface area contributed by atoms with Crippen LogP contribution in [-0.2, 0) is 4.74 Å². The molecule has 11 heteroatoms. The number of nitrogens with one attached hydrogen (secondary N) is 1. The van der Waals surface area contributed by atoms with Gasteiger partial charge >= 0.3 is 12.2 Å². The molecule has 7 nitrogen and oxygen atoms in total. The molecule has 38 heavy (non-hydrogen) atoms. The fourth-order valence-electron chi connectivity index (χ4n) is 4.37. The minimum absolute atomic E-state index is 0.182. The van der Waals surface area contributed by atoms with Gasteiger partial charge in [0.15, 0.2) is 0 Å². The summed E-state index contributed by atoms with van der Waals surface area (Å²) in [5.41, 5.74) is 11.6. The van der Waals surface area contributed by atoms with E-state index in [1.807, 2.05) is 26.0 Å². The standard InChI is InChI=1S/C25H32FN5O2.C2H3F3/c1-3-28-16-19-13-18(14-23(24(19)27)30-8-10-33-11-9-30)20-15-22(21(26)12-17(20)2)29-25(32)31-6-4-5-7-31;1-2(3,4)5/h12-16H,3-11,27H2,1-2H3,(H,29,32);1H3. The molecule has 2 aromatic carbocycles. The maximum absolute atomic E-state index is 14.8. The fraction of sp³-hybridized carbons (Fsp3) is 0.481. The van der Waals surface area contributed by atoms with Crippen molar-refractivity contribution in [2.45, 2.75) is 39.8 Å². The third-order valence-electron chi connectivity index (χ3n) is 6.21. The quantitative estimate of drug-likeness (QED) is 0.285. The summed E-state index contributed by atoms with van der Waals surface area (Å²) in [6.07, 6.45) is -0.252. The second kappa shape index (κ2) is 12.9. The van der Waals surface area contributed by atoms with Crippen molar-refractivity contribution in [1.82, 2.24) is 4.90 Å². The van der Waals surface area contributed by atoms with Crippen LogP contribution in [0, 0.1) is 12.7 Å². The molecule has 0 spiro atoms. The third kappa shape index (κ3) is 8.08. The molecule has 0 atom stereocenters. The van der Waals surface area contributed by atoms with Gasteiger partial charge in [0.25, 0.3) is 0 Å². The highest BCUT2D eigenvalue weighted by atomic mass is 19.4. The van der Waals surface area contributed by atoms with Crippen molar-refractivity contribution in [2.24, 2.45) is 4.99 Å². The van der Waals surface area contributed by atoms with Crippen LogP contribution in [0.4, 0.5) is 39.4 Å². The molecule has 0 unspecified atom stereocenters. The zero-order valence-electron chi connectivity index (χ0n) is 22.0. The first-order chi connectivity index (χ1) is 18.0. The van der Waals surface area contributed by atoms with Crippen LogP contribution in [0.2, 0.25) is 0 Å². The number of ether oxygens (including phenoxy) is 1. The minimum atomic E-state index is -4.00. The number of amides is 2. The number of nitrogens with zero attached hydrogens (tertiary/aromatic N) is 3. The summed E-state index contributed by atoms with van der Waals surface area (Å²) in [4.78, 5) is 20.9. The van der Waals surface area contributed by atoms with E-state index in [1.165, 1.54) is 6.07 Å². The van der Waals surface area contributed by atoms with E-state index in [-0.39, 0.29) is 18.6 Å². The van der Waals surface area contributed by atoms with E-state index in [1.54, 1.807) is 17.2 Å². The molecule has 2 saturated heterocycles. The average Bonchev–Trinajstić information content (AvgIpc) is 3.40. The predicted octanol–water partition coefficient (Wildman–Crippen LogP) is 5.86. The average molecular weight is 538 g/mol. The summed E-state index contributed by atoms with van der Waals surface area (Å²) < 4.78 is 51.3. The van der Waals surface area contributed by atoms with Crippen molar-refractivity contribution in [3.05, 3.63) is 41.2 Å². The Kier molecular flexibility index (Phi) is 9.96. The Hall–Kier alpha value is -3.34. The molecule has 2 aliphatic heterocycles. The maximum atomic E-state index is 14.8. The Morgan fingerprint density at radius 3 is 2.37 bits per heavy atom. The Labute approximate surface area is 220 Å². The lowest BCUT2D eigenvalue weighted by molar-refractivity contribution is -0.110. The zero-order chi connectivity index (χ0) is 27.9. The normalized spacial score (nSPS) is 16.0. The smallest absolute Gasteiger partial charge is 0.386 e. The first kappa shape index (κ1) is 29.2. The molecule has 0 saturated carbocycles. The maximum Gasteiger partial charge on any atom is 0.386 e. The van der Waals surface area contributed by atoms with Crippen LogP contribution in [0.5, 0.6) is 0 Å². The molecular formula is C27H35F4N5O2. The number of nitrogens with two attached hydrogens (primary N) is 1. The number of hydrogen-bond acceptors (Lipinski definition) is 5. The summed E-state index contributed by atoms with van der Waals surface area (Å²) in [6, 6.07) is 6.94. The topological polar surface area (TPSA) is 83.2 Å². The second-order valence-electron chi connectivity index (χ2n) is 9.28. The van der Waals surface area contributed by atoms with E-state index in [9.17, 15) is 22.4 Å². The number of halogens is 4. The van der Waals surface area contributed by atoms with Crippen molar-refractivity contribution in [2.75, 3.05) is 61.9 Å². The molecule has 2 aromatic rings. The lowest BCUT2D eigenvalue weighted by Gasteiger charge is -2.31. The van der Waals surface area contributed by atoms with Gasteiger partial charge in [-0.1, -0.05) is 0 Å². The Balaban J connectivity index is 0.000000732. The largest absolute Gasteiger partial charge is 0.397 e. The number of morpholine rings is 1. The monoisotopic (exact) mass is 537 g/mol. The fourth-order valence-corrected chi connectivity index (χ4v) is 4.37. The van der Waals surface area contributed by atoms with E-state index in [0.717, 1.165) is 53.9 Å². The molecule has 2 amide bonds. The van der Waals surface area contributed by atoms with Gasteiger partial charge in [-0.05, 0) is 67.6 Å². The number of rotatable bonds is 5. The van der Waals surface area contributed by atoms with Crippen LogP contribution < -0.4 is 16.0 Å². The van der Waals surface area contributed by atoms with Gasteiger partial charge < -0.3 is 25.6 Å². The van der Waals surface area contributed by atoms with Gasteiger partial charge in [-0.15, -0.1) is 0 Å². The van der Waals surface area contributed by atoms with Gasteiger partial charge in [0.1, 0.15) is 5.82 Å². The summed E-state index contributed by atoms with van der Waals surface area (Å²) in [6.45, 7) is 8.86. The molecule has 3 N–H and O–H groups in total. The van der Waals surface area contributed by atoms with E-state index in [2.05, 4.69) is 15.2 Å². The molecule has 0 bridgehead atoms. The number of aryl methyl sites for hydroxylation is 1. The zero-order valence-corrected chi connectivity index (χ0v) is 22.0. The predicted molar refractivity (Wildman–Crippen MR) is 144 cm³/mol. The van der Waals surface area contributed by atoms with Gasteiger partial charge in [0.05, 0.1) is 30.3 Å². The van der Waals surface area contributed by atoms with Gasteiger partial charge in [-0.2, -0.15) is 13.2 Å². The van der Waals surface area contributed by atoms with Crippen molar-refractivity contribution >= 4 is 29.3 Å². The molecule has 2 heterocycles. The lowest BCUT2D eigenvalue weighted by Crippen LogP contribution is -2.36. The molecular weight excluding hydrogens is 502 g/mol. The number of aliphatic imine (C=N–C) groups is 1. The Morgan fingerprint density at radius 2 is 1.76 bits per heavy atom. The number of urea groups is 1. The number of carbonyl (C=O) groups excluding carboxylic acids is 1. The van der Waals surface area contributed by atoms with Crippen LogP contribution in [-0.4, -0.2) is 69.3 Å². The molecule has 2 aliphatic rings. The van der Waals surface area contributed by atoms with E-state index in [4.69, 9.17) is 10.5 Å². The highest BCUT2D eigenvalue weighted by molar-refractivity contribution is 5.96. The highest BCUT2D eigenvalue weighted by Crippen LogP contribution is 2.36. The van der Waals surface area contributed by atoms with Crippen molar-refractivity contribution in [3.8, 4) is 11.1 Å². The van der Waals surface area contributed by atoms with E-state index >= 15 is 0 Å². The van der Waals surface area contributed by atoms with Crippen LogP contribution in [0.3, 0.4) is 0 Å². The first-order valence-corrected chi connectivity index (χ1v) is 12.7. The molecule has 208 valence electrons. The van der Waals surface area contributed by atoms with Crippen LogP contribution >= 0.6 is 0 Å². The van der Waals surface area contributed by atoms with Crippen LogP contribution in [0.25, 0.3) is 11.1 Å². The number of likely N-dealkylation sites (tertiary alicyclic amines) is 1. The van der Waals surface area contributed by atoms with E-state index < -0.39 is 12.0 Å². The molecule has 0 aromatic heterocycles. The van der Waals surface area contributed by atoms with Gasteiger partial charge in [0, 0.05) is 51.4 Å². The van der Waals surface area contributed by atoms with Crippen molar-refractivity contribution < 1.29 is 27.1 Å². The number of anilines is 3. The summed E-state index contributed by atoms with van der Waals surface area (Å²) >= 11 is 0. The molecule has 0 radical (unpaired) electrons. The molecule has 0 aliphatic carbocycles. The van der Waals surface area contributed by atoms with Crippen molar-refractivity contribution in [3.63, 3.8) is 0 Å². The number of carbonyl (C=O) groups is 1. The summed E-state index contributed by atoms with van der Waals surface area (Å²) in [7, 11) is 0. The number of alkyl halides is 3. The Morgan fingerprint density at radius 1 is 1.13 bits per heavy atom. The second-order valence-corrected chi connectivity index (χ2v) is 9.28. The van der Waals surface area contributed by atoms with Gasteiger partial charge in [0.2, 0.25) is 0 Å². The lowest BCUT2D eigenvalue weighted by atomic mass is 9.96. The minimum Gasteiger partial charge on any atom is -0.397 e. The third-order valence-corrected chi connectivity index (χ3v) is 6.21. The highest BCUT2D eigenvalue weighted by Gasteiger charge is 2.21. The van der Waals surface area contributed by atoms with Gasteiger partial charge in [-0.3, -0.25) is 4.99 Å². The first-order valence-electron chi connectivity index (χ1n) is 12.7. The van der Waals surface area contributed by atoms with Crippen LogP contribution in [0.15, 0.2) is 29.3 Å². The Bertz CT molecular complexity index is 1140. The summed E-state index contributed by atoms with van der Waals surface area (Å²) in [5.74, 6) is -0.444. The SMILES string of the molecule is CC(F)(F)F.CCN=Cc1cc(-c2cc(NC(=O)N3CCCC3)c(F)cc2C)cc(N2CCOCC2)c1N. The molecule has 4 rings (SSSR count). The number of benzene rings is 2.